The molecule has 0 aliphatic rings. The van der Waals surface area contributed by atoms with E-state index in [1.807, 2.05) is 0 Å². The molecule has 0 fully saturated rings. The molecule has 0 aliphatic heterocycles. The number of benzene rings is 2. The van der Waals surface area contributed by atoms with Crippen LogP contribution in [0.25, 0.3) is 0 Å². The molecule has 3 nitrogen and oxygen atoms in total. The minimum Gasteiger partial charge on any atom is -0.481 e. The monoisotopic (exact) mass is 371 g/mol. The van der Waals surface area contributed by atoms with Gasteiger partial charge in [0.05, 0.1) is 5.69 Å². The van der Waals surface area contributed by atoms with E-state index in [0.29, 0.717) is 5.75 Å². The van der Waals surface area contributed by atoms with Crippen molar-refractivity contribution in [3.63, 3.8) is 0 Å². The Labute approximate surface area is 135 Å². The minimum atomic E-state index is -0.763. The highest BCUT2D eigenvalue weighted by molar-refractivity contribution is 9.10. The Morgan fingerprint density at radius 1 is 1.29 bits per heavy atom. The Morgan fingerprint density at radius 2 is 1.95 bits per heavy atom. The number of hydrogen-bond donors (Lipinski definition) is 1. The number of hydrogen-bond acceptors (Lipinski definition) is 2. The third kappa shape index (κ3) is 4.44. The molecule has 0 heterocycles. The van der Waals surface area contributed by atoms with Crippen molar-refractivity contribution in [2.75, 3.05) is 5.32 Å². The predicted octanol–water partition coefficient (Wildman–Crippen LogP) is 4.65. The first-order chi connectivity index (χ1) is 9.95. The Bertz CT molecular complexity index is 649. The van der Waals surface area contributed by atoms with E-state index in [9.17, 15) is 9.18 Å². The number of amides is 1. The van der Waals surface area contributed by atoms with Gasteiger partial charge < -0.3 is 10.1 Å². The van der Waals surface area contributed by atoms with Crippen LogP contribution < -0.4 is 10.1 Å². The second-order valence-electron chi connectivity index (χ2n) is 4.33. The molecule has 1 N–H and O–H groups in total. The second kappa shape index (κ2) is 6.91. The van der Waals surface area contributed by atoms with Crippen molar-refractivity contribution in [3.05, 3.63) is 57.8 Å². The molecule has 0 radical (unpaired) electrons. The molecule has 1 unspecified atom stereocenters. The Morgan fingerprint density at radius 3 is 2.57 bits per heavy atom. The van der Waals surface area contributed by atoms with Gasteiger partial charge in [-0.25, -0.2) is 4.39 Å². The molecule has 1 atom stereocenters. The van der Waals surface area contributed by atoms with Crippen LogP contribution in [0.3, 0.4) is 0 Å². The molecule has 0 saturated carbocycles. The van der Waals surface area contributed by atoms with E-state index in [0.717, 1.165) is 10.5 Å². The van der Waals surface area contributed by atoms with Crippen molar-refractivity contribution >= 4 is 39.1 Å². The van der Waals surface area contributed by atoms with E-state index < -0.39 is 17.8 Å². The Hall–Kier alpha value is -1.59. The van der Waals surface area contributed by atoms with Crippen molar-refractivity contribution in [2.24, 2.45) is 0 Å². The summed E-state index contributed by atoms with van der Waals surface area (Å²) in [5, 5.41) is 2.73. The minimum absolute atomic E-state index is 0.0654. The zero-order valence-corrected chi connectivity index (χ0v) is 13.4. The first-order valence-corrected chi connectivity index (χ1v) is 7.31. The van der Waals surface area contributed by atoms with Crippen LogP contribution in [0.4, 0.5) is 10.1 Å². The average Bonchev–Trinajstić information content (AvgIpc) is 2.44. The van der Waals surface area contributed by atoms with Gasteiger partial charge in [-0.15, -0.1) is 0 Å². The Balaban J connectivity index is 2.00. The molecule has 0 aromatic heterocycles. The van der Waals surface area contributed by atoms with Gasteiger partial charge in [0.25, 0.3) is 5.91 Å². The summed E-state index contributed by atoms with van der Waals surface area (Å²) in [6.07, 6.45) is -0.763. The smallest absolute Gasteiger partial charge is 0.265 e. The third-order valence-corrected chi connectivity index (χ3v) is 3.45. The van der Waals surface area contributed by atoms with Crippen LogP contribution in [0.5, 0.6) is 5.75 Å². The highest BCUT2D eigenvalue weighted by Gasteiger charge is 2.16. The first-order valence-electron chi connectivity index (χ1n) is 6.14. The summed E-state index contributed by atoms with van der Waals surface area (Å²) in [6, 6.07) is 11.1. The highest BCUT2D eigenvalue weighted by Crippen LogP contribution is 2.20. The second-order valence-corrected chi connectivity index (χ2v) is 5.68. The van der Waals surface area contributed by atoms with Gasteiger partial charge in [-0.2, -0.15) is 0 Å². The fraction of sp³-hybridized carbons (Fsp3) is 0.133. The molecule has 0 spiro atoms. The van der Waals surface area contributed by atoms with Crippen molar-refractivity contribution in [1.29, 1.82) is 0 Å². The molecule has 1 amide bonds. The molecular formula is C15H12BrClFNO2. The van der Waals surface area contributed by atoms with Crippen LogP contribution in [-0.4, -0.2) is 12.0 Å². The first kappa shape index (κ1) is 15.8. The molecular weight excluding hydrogens is 361 g/mol. The number of ether oxygens (including phenoxy) is 1. The molecule has 110 valence electrons. The van der Waals surface area contributed by atoms with E-state index in [1.54, 1.807) is 31.2 Å². The zero-order valence-electron chi connectivity index (χ0n) is 11.1. The van der Waals surface area contributed by atoms with Crippen LogP contribution in [0, 0.1) is 5.82 Å². The molecule has 0 bridgehead atoms. The lowest BCUT2D eigenvalue weighted by Gasteiger charge is -2.15. The normalized spacial score (nSPS) is 11.8. The van der Waals surface area contributed by atoms with Gasteiger partial charge in [0.1, 0.15) is 11.6 Å². The lowest BCUT2D eigenvalue weighted by atomic mass is 10.2. The van der Waals surface area contributed by atoms with Gasteiger partial charge in [0, 0.05) is 9.50 Å². The van der Waals surface area contributed by atoms with Crippen LogP contribution in [-0.2, 0) is 4.79 Å². The molecule has 0 aliphatic carbocycles. The van der Waals surface area contributed by atoms with E-state index in [-0.39, 0.29) is 10.7 Å². The van der Waals surface area contributed by atoms with Crippen LogP contribution in [0.15, 0.2) is 46.9 Å². The van der Waals surface area contributed by atoms with Crippen LogP contribution in [0.2, 0.25) is 5.02 Å². The van der Waals surface area contributed by atoms with Gasteiger partial charge in [-0.05, 0) is 49.4 Å². The molecule has 0 saturated heterocycles. The maximum atomic E-state index is 13.6. The summed E-state index contributed by atoms with van der Waals surface area (Å²) in [6.45, 7) is 1.59. The topological polar surface area (TPSA) is 38.3 Å². The van der Waals surface area contributed by atoms with Gasteiger partial charge in [0.15, 0.2) is 6.10 Å². The number of rotatable bonds is 4. The fourth-order valence-corrected chi connectivity index (χ4v) is 2.02. The predicted molar refractivity (Wildman–Crippen MR) is 84.3 cm³/mol. The summed E-state index contributed by atoms with van der Waals surface area (Å²) in [7, 11) is 0. The number of carbonyl (C=O) groups excluding carboxylic acids is 1. The maximum Gasteiger partial charge on any atom is 0.265 e. The van der Waals surface area contributed by atoms with Gasteiger partial charge in [0.2, 0.25) is 0 Å². The van der Waals surface area contributed by atoms with Crippen molar-refractivity contribution in [3.8, 4) is 5.75 Å². The zero-order chi connectivity index (χ0) is 15.4. The number of halogens is 3. The summed E-state index contributed by atoms with van der Waals surface area (Å²) < 4.78 is 20.0. The largest absolute Gasteiger partial charge is 0.481 e. The number of nitrogens with one attached hydrogen (secondary N) is 1. The molecule has 2 rings (SSSR count). The van der Waals surface area contributed by atoms with E-state index in [4.69, 9.17) is 16.3 Å². The van der Waals surface area contributed by atoms with Crippen molar-refractivity contribution < 1.29 is 13.9 Å². The standard InChI is InChI=1S/C15H12BrClFNO2/c1-9(21-12-5-2-10(16)3-6-12)15(20)19-14-7-4-11(17)8-13(14)18/h2-9H,1H3,(H,19,20). The molecule has 21 heavy (non-hydrogen) atoms. The summed E-state index contributed by atoms with van der Waals surface area (Å²) in [4.78, 5) is 12.0. The fourth-order valence-electron chi connectivity index (χ4n) is 1.60. The highest BCUT2D eigenvalue weighted by atomic mass is 79.9. The molecule has 6 heteroatoms. The third-order valence-electron chi connectivity index (χ3n) is 2.68. The number of carbonyl (C=O) groups is 1. The van der Waals surface area contributed by atoms with Crippen LogP contribution in [0.1, 0.15) is 6.92 Å². The number of anilines is 1. The van der Waals surface area contributed by atoms with E-state index >= 15 is 0 Å². The molecule has 2 aromatic carbocycles. The van der Waals surface area contributed by atoms with Crippen molar-refractivity contribution in [2.45, 2.75) is 13.0 Å². The van der Waals surface area contributed by atoms with Crippen molar-refractivity contribution in [1.82, 2.24) is 0 Å². The quantitative estimate of drug-likeness (QED) is 0.848. The van der Waals surface area contributed by atoms with Gasteiger partial charge in [-0.1, -0.05) is 27.5 Å². The van der Waals surface area contributed by atoms with E-state index in [2.05, 4.69) is 21.2 Å². The van der Waals surface area contributed by atoms with Crippen LogP contribution >= 0.6 is 27.5 Å². The summed E-state index contributed by atoms with van der Waals surface area (Å²) in [5.74, 6) is -0.483. The SMILES string of the molecule is CC(Oc1ccc(Br)cc1)C(=O)Nc1ccc(Cl)cc1F. The van der Waals surface area contributed by atoms with Gasteiger partial charge >= 0.3 is 0 Å². The Kier molecular flexibility index (Phi) is 5.20. The van der Waals surface area contributed by atoms with Gasteiger partial charge in [-0.3, -0.25) is 4.79 Å². The maximum absolute atomic E-state index is 13.6. The lowest BCUT2D eigenvalue weighted by Crippen LogP contribution is -2.30. The summed E-state index contributed by atoms with van der Waals surface area (Å²) >= 11 is 8.97. The summed E-state index contributed by atoms with van der Waals surface area (Å²) in [5.41, 5.74) is 0.0654. The van der Waals surface area contributed by atoms with E-state index in [1.165, 1.54) is 12.1 Å². The molecule has 2 aromatic rings. The lowest BCUT2D eigenvalue weighted by molar-refractivity contribution is -0.122. The average molecular weight is 373 g/mol.